The molecule has 1 heterocycles. The van der Waals surface area contributed by atoms with Crippen molar-refractivity contribution in [3.05, 3.63) is 88.3 Å². The normalized spacial score (nSPS) is 10.8. The van der Waals surface area contributed by atoms with Crippen LogP contribution < -0.4 is 10.9 Å². The SMILES string of the molecule is Cc1c(NC(=O)COC(=O)c2ccc3ccccc3c2O)c(=O)n(-c2ccccc2)n1C. The van der Waals surface area contributed by atoms with Crippen molar-refractivity contribution in [1.82, 2.24) is 9.36 Å². The van der Waals surface area contributed by atoms with E-state index < -0.39 is 24.0 Å². The van der Waals surface area contributed by atoms with Crippen LogP contribution in [0.5, 0.6) is 5.75 Å². The van der Waals surface area contributed by atoms with Crippen LogP contribution in [0.2, 0.25) is 0 Å². The molecule has 0 spiro atoms. The molecule has 8 heteroatoms. The van der Waals surface area contributed by atoms with E-state index in [4.69, 9.17) is 4.74 Å². The Labute approximate surface area is 183 Å². The summed E-state index contributed by atoms with van der Waals surface area (Å²) in [6.07, 6.45) is 0. The van der Waals surface area contributed by atoms with Gasteiger partial charge < -0.3 is 15.2 Å². The average molecular weight is 431 g/mol. The molecule has 0 aliphatic rings. The first kappa shape index (κ1) is 20.9. The molecular weight excluding hydrogens is 410 g/mol. The minimum Gasteiger partial charge on any atom is -0.506 e. The monoisotopic (exact) mass is 431 g/mol. The van der Waals surface area contributed by atoms with Gasteiger partial charge in [0.2, 0.25) is 0 Å². The molecule has 0 atom stereocenters. The van der Waals surface area contributed by atoms with E-state index in [0.717, 1.165) is 5.39 Å². The fraction of sp³-hybridized carbons (Fsp3) is 0.125. The van der Waals surface area contributed by atoms with Gasteiger partial charge in [0.25, 0.3) is 11.5 Å². The summed E-state index contributed by atoms with van der Waals surface area (Å²) in [7, 11) is 1.71. The lowest BCUT2D eigenvalue weighted by Gasteiger charge is -2.09. The summed E-state index contributed by atoms with van der Waals surface area (Å²) in [5.41, 5.74) is 0.861. The fourth-order valence-electron chi connectivity index (χ4n) is 3.52. The first-order valence-electron chi connectivity index (χ1n) is 9.90. The van der Waals surface area contributed by atoms with Crippen molar-refractivity contribution < 1.29 is 19.4 Å². The molecule has 8 nitrogen and oxygen atoms in total. The van der Waals surface area contributed by atoms with Crippen molar-refractivity contribution in [2.75, 3.05) is 11.9 Å². The van der Waals surface area contributed by atoms with E-state index in [1.54, 1.807) is 49.0 Å². The molecule has 0 radical (unpaired) electrons. The van der Waals surface area contributed by atoms with E-state index >= 15 is 0 Å². The Kier molecular flexibility index (Phi) is 5.51. The molecule has 1 aromatic heterocycles. The van der Waals surface area contributed by atoms with E-state index in [2.05, 4.69) is 5.32 Å². The Balaban J connectivity index is 1.49. The summed E-state index contributed by atoms with van der Waals surface area (Å²) in [6, 6.07) is 19.2. The zero-order valence-corrected chi connectivity index (χ0v) is 17.5. The van der Waals surface area contributed by atoms with Gasteiger partial charge in [-0.15, -0.1) is 0 Å². The summed E-state index contributed by atoms with van der Waals surface area (Å²) in [5.74, 6) is -1.71. The van der Waals surface area contributed by atoms with Gasteiger partial charge in [-0.05, 0) is 30.5 Å². The standard InChI is InChI=1S/C24H21N3O5/c1-15-21(23(30)27(26(15)2)17-9-4-3-5-10-17)25-20(28)14-32-24(31)19-13-12-16-8-6-7-11-18(16)22(19)29/h3-13,29H,14H2,1-2H3,(H,25,28). The van der Waals surface area contributed by atoms with Gasteiger partial charge in [0, 0.05) is 12.4 Å². The number of benzene rings is 3. The van der Waals surface area contributed by atoms with Gasteiger partial charge in [0.1, 0.15) is 17.0 Å². The van der Waals surface area contributed by atoms with Crippen molar-refractivity contribution in [2.45, 2.75) is 6.92 Å². The fourth-order valence-corrected chi connectivity index (χ4v) is 3.52. The number of amides is 1. The molecule has 162 valence electrons. The van der Waals surface area contributed by atoms with Crippen LogP contribution in [0.1, 0.15) is 16.1 Å². The predicted molar refractivity (Wildman–Crippen MR) is 120 cm³/mol. The largest absolute Gasteiger partial charge is 0.506 e. The first-order valence-corrected chi connectivity index (χ1v) is 9.90. The number of phenols is 1. The zero-order valence-electron chi connectivity index (χ0n) is 17.5. The minimum atomic E-state index is -0.838. The third kappa shape index (κ3) is 3.74. The second-order valence-electron chi connectivity index (χ2n) is 7.24. The lowest BCUT2D eigenvalue weighted by molar-refractivity contribution is -0.119. The van der Waals surface area contributed by atoms with Crippen LogP contribution in [0.3, 0.4) is 0 Å². The lowest BCUT2D eigenvalue weighted by atomic mass is 10.1. The van der Waals surface area contributed by atoms with Crippen molar-refractivity contribution in [3.8, 4) is 11.4 Å². The highest BCUT2D eigenvalue weighted by Crippen LogP contribution is 2.29. The molecule has 1 amide bonds. The number of rotatable bonds is 5. The third-order valence-corrected chi connectivity index (χ3v) is 5.27. The van der Waals surface area contributed by atoms with Crippen molar-refractivity contribution in [1.29, 1.82) is 0 Å². The Bertz CT molecular complexity index is 1390. The zero-order chi connectivity index (χ0) is 22.8. The Morgan fingerprint density at radius 3 is 2.44 bits per heavy atom. The van der Waals surface area contributed by atoms with Crippen LogP contribution in [-0.4, -0.2) is 33.0 Å². The molecule has 0 saturated heterocycles. The molecule has 0 saturated carbocycles. The number of hydrogen-bond donors (Lipinski definition) is 2. The van der Waals surface area contributed by atoms with E-state index in [-0.39, 0.29) is 17.0 Å². The molecule has 0 bridgehead atoms. The summed E-state index contributed by atoms with van der Waals surface area (Å²) in [5, 5.41) is 14.2. The van der Waals surface area contributed by atoms with E-state index in [1.807, 2.05) is 30.3 Å². The van der Waals surface area contributed by atoms with Crippen LogP contribution in [0.25, 0.3) is 16.5 Å². The number of carbonyl (C=O) groups is 2. The van der Waals surface area contributed by atoms with Crippen LogP contribution >= 0.6 is 0 Å². The number of anilines is 1. The molecule has 0 aliphatic heterocycles. The first-order chi connectivity index (χ1) is 15.4. The van der Waals surface area contributed by atoms with Gasteiger partial charge in [-0.3, -0.25) is 14.3 Å². The smallest absolute Gasteiger partial charge is 0.342 e. The molecule has 3 aromatic carbocycles. The molecule has 0 aliphatic carbocycles. The molecular formula is C24H21N3O5. The minimum absolute atomic E-state index is 0.0428. The Hall–Kier alpha value is -4.33. The van der Waals surface area contributed by atoms with Crippen molar-refractivity contribution in [2.24, 2.45) is 7.05 Å². The number of aromatic hydroxyl groups is 1. The van der Waals surface area contributed by atoms with Gasteiger partial charge in [-0.1, -0.05) is 48.5 Å². The number of nitrogens with zero attached hydrogens (tertiary/aromatic N) is 2. The summed E-state index contributed by atoms with van der Waals surface area (Å²) < 4.78 is 8.13. The molecule has 0 unspecified atom stereocenters. The Morgan fingerprint density at radius 1 is 1.00 bits per heavy atom. The predicted octanol–water partition coefficient (Wildman–Crippen LogP) is 3.14. The van der Waals surface area contributed by atoms with Crippen LogP contribution in [-0.2, 0) is 16.6 Å². The highest BCUT2D eigenvalue weighted by molar-refractivity contribution is 6.02. The van der Waals surface area contributed by atoms with Crippen molar-refractivity contribution in [3.63, 3.8) is 0 Å². The van der Waals surface area contributed by atoms with Gasteiger partial charge in [-0.25, -0.2) is 9.48 Å². The summed E-state index contributed by atoms with van der Waals surface area (Å²) in [4.78, 5) is 37.7. The van der Waals surface area contributed by atoms with Gasteiger partial charge >= 0.3 is 5.97 Å². The second kappa shape index (κ2) is 8.43. The van der Waals surface area contributed by atoms with Crippen LogP contribution in [0, 0.1) is 6.92 Å². The summed E-state index contributed by atoms with van der Waals surface area (Å²) >= 11 is 0. The summed E-state index contributed by atoms with van der Waals surface area (Å²) in [6.45, 7) is 1.10. The maximum Gasteiger partial charge on any atom is 0.342 e. The van der Waals surface area contributed by atoms with E-state index in [1.165, 1.54) is 10.7 Å². The van der Waals surface area contributed by atoms with Crippen molar-refractivity contribution >= 4 is 28.3 Å². The maximum absolute atomic E-state index is 12.9. The highest BCUT2D eigenvalue weighted by atomic mass is 16.5. The van der Waals surface area contributed by atoms with E-state index in [0.29, 0.717) is 16.8 Å². The number of phenolic OH excluding ortho intramolecular Hbond substituents is 1. The van der Waals surface area contributed by atoms with Gasteiger partial charge in [0.05, 0.1) is 11.4 Å². The third-order valence-electron chi connectivity index (χ3n) is 5.27. The molecule has 4 aromatic rings. The number of nitrogens with one attached hydrogen (secondary N) is 1. The average Bonchev–Trinajstić information content (AvgIpc) is 3.01. The second-order valence-corrected chi connectivity index (χ2v) is 7.24. The molecule has 32 heavy (non-hydrogen) atoms. The quantitative estimate of drug-likeness (QED) is 0.473. The molecule has 0 fully saturated rings. The van der Waals surface area contributed by atoms with E-state index in [9.17, 15) is 19.5 Å². The number of carbonyl (C=O) groups excluding carboxylic acids is 2. The van der Waals surface area contributed by atoms with Crippen LogP contribution in [0.15, 0.2) is 71.5 Å². The number of aromatic nitrogens is 2. The van der Waals surface area contributed by atoms with Gasteiger partial charge in [0.15, 0.2) is 6.61 Å². The topological polar surface area (TPSA) is 103 Å². The number of para-hydroxylation sites is 1. The number of esters is 1. The Morgan fingerprint density at radius 2 is 1.69 bits per heavy atom. The number of fused-ring (bicyclic) bond motifs is 1. The maximum atomic E-state index is 12.9. The molecule has 4 rings (SSSR count). The van der Waals surface area contributed by atoms with Crippen LogP contribution in [0.4, 0.5) is 5.69 Å². The van der Waals surface area contributed by atoms with Gasteiger partial charge in [-0.2, -0.15) is 0 Å². The number of hydrogen-bond acceptors (Lipinski definition) is 5. The lowest BCUT2D eigenvalue weighted by Crippen LogP contribution is -2.25. The highest BCUT2D eigenvalue weighted by Gasteiger charge is 2.20. The number of ether oxygens (including phenoxy) is 1. The molecule has 2 N–H and O–H groups in total.